The molecular formula is C13H18N2O5. The summed E-state index contributed by atoms with van der Waals surface area (Å²) < 4.78 is 4.59. The molecule has 7 nitrogen and oxygen atoms in total. The SMILES string of the molecule is COC(=O)c1ccc([N+](=O)[O-])c(NCC(C)CCO)c1. The van der Waals surface area contributed by atoms with Gasteiger partial charge in [0.15, 0.2) is 0 Å². The highest BCUT2D eigenvalue weighted by atomic mass is 16.6. The molecule has 1 aromatic carbocycles. The van der Waals surface area contributed by atoms with Crippen molar-refractivity contribution in [2.45, 2.75) is 13.3 Å². The van der Waals surface area contributed by atoms with Crippen LogP contribution in [0.4, 0.5) is 11.4 Å². The summed E-state index contributed by atoms with van der Waals surface area (Å²) >= 11 is 0. The van der Waals surface area contributed by atoms with Crippen molar-refractivity contribution >= 4 is 17.3 Å². The number of nitrogens with zero attached hydrogens (tertiary/aromatic N) is 1. The number of aliphatic hydroxyl groups excluding tert-OH is 1. The summed E-state index contributed by atoms with van der Waals surface area (Å²) in [5.74, 6) is -0.396. The van der Waals surface area contributed by atoms with Crippen LogP contribution in [0.2, 0.25) is 0 Å². The fourth-order valence-corrected chi connectivity index (χ4v) is 1.69. The lowest BCUT2D eigenvalue weighted by molar-refractivity contribution is -0.384. The Morgan fingerprint density at radius 2 is 2.25 bits per heavy atom. The molecule has 0 amide bonds. The average Bonchev–Trinajstić information content (AvgIpc) is 2.44. The van der Waals surface area contributed by atoms with Crippen LogP contribution >= 0.6 is 0 Å². The molecule has 1 atom stereocenters. The number of anilines is 1. The summed E-state index contributed by atoms with van der Waals surface area (Å²) in [6.07, 6.45) is 0.595. The van der Waals surface area contributed by atoms with Gasteiger partial charge >= 0.3 is 5.97 Å². The molecule has 2 N–H and O–H groups in total. The lowest BCUT2D eigenvalue weighted by Crippen LogP contribution is -2.14. The summed E-state index contributed by atoms with van der Waals surface area (Å²) in [6.45, 7) is 2.44. The van der Waals surface area contributed by atoms with Gasteiger partial charge in [0.1, 0.15) is 5.69 Å². The first-order chi connectivity index (χ1) is 9.49. The van der Waals surface area contributed by atoms with E-state index in [1.165, 1.54) is 25.3 Å². The standard InChI is InChI=1S/C13H18N2O5/c1-9(5-6-16)8-14-11-7-10(13(17)20-2)3-4-12(11)15(18)19/h3-4,7,9,14,16H,5-6,8H2,1-2H3. The van der Waals surface area contributed by atoms with Gasteiger partial charge in [0.05, 0.1) is 17.6 Å². The van der Waals surface area contributed by atoms with Gasteiger partial charge in [-0.15, -0.1) is 0 Å². The Hall–Kier alpha value is -2.15. The molecule has 0 fully saturated rings. The van der Waals surface area contributed by atoms with Crippen LogP contribution in [0.3, 0.4) is 0 Å². The number of rotatable bonds is 7. The largest absolute Gasteiger partial charge is 0.465 e. The summed E-state index contributed by atoms with van der Waals surface area (Å²) in [7, 11) is 1.25. The van der Waals surface area contributed by atoms with E-state index in [-0.39, 0.29) is 29.5 Å². The first kappa shape index (κ1) is 15.9. The zero-order chi connectivity index (χ0) is 15.1. The number of nitro benzene ring substituents is 1. The van der Waals surface area contributed by atoms with Gasteiger partial charge in [-0.1, -0.05) is 6.92 Å². The lowest BCUT2D eigenvalue weighted by atomic mass is 10.1. The Labute approximate surface area is 116 Å². The molecule has 20 heavy (non-hydrogen) atoms. The Morgan fingerprint density at radius 1 is 1.55 bits per heavy atom. The van der Waals surface area contributed by atoms with Crippen molar-refractivity contribution in [1.82, 2.24) is 0 Å². The highest BCUT2D eigenvalue weighted by molar-refractivity contribution is 5.91. The molecule has 7 heteroatoms. The zero-order valence-corrected chi connectivity index (χ0v) is 11.5. The van der Waals surface area contributed by atoms with Crippen molar-refractivity contribution in [3.63, 3.8) is 0 Å². The molecule has 1 aromatic rings. The molecular weight excluding hydrogens is 264 g/mol. The third-order valence-corrected chi connectivity index (χ3v) is 2.88. The number of ether oxygens (including phenoxy) is 1. The quantitative estimate of drug-likeness (QED) is 0.449. The third-order valence-electron chi connectivity index (χ3n) is 2.88. The monoisotopic (exact) mass is 282 g/mol. The molecule has 110 valence electrons. The first-order valence-corrected chi connectivity index (χ1v) is 6.21. The third kappa shape index (κ3) is 4.20. The lowest BCUT2D eigenvalue weighted by Gasteiger charge is -2.13. The summed E-state index contributed by atoms with van der Waals surface area (Å²) in [5.41, 5.74) is 0.409. The van der Waals surface area contributed by atoms with E-state index >= 15 is 0 Å². The van der Waals surface area contributed by atoms with Crippen LogP contribution in [-0.2, 0) is 4.74 Å². The fraction of sp³-hybridized carbons (Fsp3) is 0.462. The normalized spacial score (nSPS) is 11.8. The molecule has 0 saturated heterocycles. The Morgan fingerprint density at radius 3 is 2.80 bits per heavy atom. The summed E-state index contributed by atoms with van der Waals surface area (Å²) in [4.78, 5) is 21.9. The van der Waals surface area contributed by atoms with Crippen LogP contribution in [0.5, 0.6) is 0 Å². The van der Waals surface area contributed by atoms with E-state index in [1.54, 1.807) is 0 Å². The van der Waals surface area contributed by atoms with Crippen LogP contribution in [0, 0.1) is 16.0 Å². The van der Waals surface area contributed by atoms with E-state index in [2.05, 4.69) is 10.1 Å². The van der Waals surface area contributed by atoms with Gasteiger partial charge in [-0.2, -0.15) is 0 Å². The number of hydrogen-bond acceptors (Lipinski definition) is 6. The molecule has 0 aliphatic rings. The number of carbonyl (C=O) groups excluding carboxylic acids is 1. The molecule has 0 aromatic heterocycles. The van der Waals surface area contributed by atoms with E-state index < -0.39 is 10.9 Å². The Kier molecular flexibility index (Phi) is 5.92. The van der Waals surface area contributed by atoms with Crippen molar-refractivity contribution in [3.05, 3.63) is 33.9 Å². The van der Waals surface area contributed by atoms with Crippen molar-refractivity contribution in [2.75, 3.05) is 25.6 Å². The minimum Gasteiger partial charge on any atom is -0.465 e. The number of hydrogen-bond donors (Lipinski definition) is 2. The number of nitrogens with one attached hydrogen (secondary N) is 1. The van der Waals surface area contributed by atoms with Crippen molar-refractivity contribution in [3.8, 4) is 0 Å². The van der Waals surface area contributed by atoms with Gasteiger partial charge < -0.3 is 15.2 Å². The van der Waals surface area contributed by atoms with Crippen LogP contribution in [0.1, 0.15) is 23.7 Å². The maximum atomic E-state index is 11.4. The van der Waals surface area contributed by atoms with Gasteiger partial charge in [-0.3, -0.25) is 10.1 Å². The number of carbonyl (C=O) groups is 1. The Bertz CT molecular complexity index is 490. The number of esters is 1. The number of nitro groups is 1. The Balaban J connectivity index is 2.94. The van der Waals surface area contributed by atoms with E-state index in [9.17, 15) is 14.9 Å². The minimum absolute atomic E-state index is 0.0626. The maximum absolute atomic E-state index is 11.4. The van der Waals surface area contributed by atoms with Crippen LogP contribution in [0.15, 0.2) is 18.2 Å². The van der Waals surface area contributed by atoms with E-state index in [0.29, 0.717) is 13.0 Å². The average molecular weight is 282 g/mol. The molecule has 0 heterocycles. The molecule has 1 rings (SSSR count). The van der Waals surface area contributed by atoms with E-state index in [0.717, 1.165) is 0 Å². The molecule has 0 bridgehead atoms. The highest BCUT2D eigenvalue weighted by Crippen LogP contribution is 2.26. The van der Waals surface area contributed by atoms with E-state index in [4.69, 9.17) is 5.11 Å². The second kappa shape index (κ2) is 7.44. The molecule has 0 aliphatic carbocycles. The van der Waals surface area contributed by atoms with Gasteiger partial charge in [-0.25, -0.2) is 4.79 Å². The molecule has 0 aliphatic heterocycles. The van der Waals surface area contributed by atoms with Gasteiger partial charge in [0, 0.05) is 19.2 Å². The fourth-order valence-electron chi connectivity index (χ4n) is 1.69. The molecule has 1 unspecified atom stereocenters. The first-order valence-electron chi connectivity index (χ1n) is 6.21. The van der Waals surface area contributed by atoms with Crippen LogP contribution < -0.4 is 5.32 Å². The molecule has 0 spiro atoms. The summed E-state index contributed by atoms with van der Waals surface area (Å²) in [6, 6.07) is 4.02. The summed E-state index contributed by atoms with van der Waals surface area (Å²) in [5, 5.41) is 22.7. The maximum Gasteiger partial charge on any atom is 0.337 e. The smallest absolute Gasteiger partial charge is 0.337 e. The van der Waals surface area contributed by atoms with Crippen LogP contribution in [-0.4, -0.2) is 36.3 Å². The van der Waals surface area contributed by atoms with Gasteiger partial charge in [-0.05, 0) is 24.5 Å². The number of methoxy groups -OCH3 is 1. The highest BCUT2D eigenvalue weighted by Gasteiger charge is 2.17. The number of benzene rings is 1. The zero-order valence-electron chi connectivity index (χ0n) is 11.5. The van der Waals surface area contributed by atoms with Crippen LogP contribution in [0.25, 0.3) is 0 Å². The van der Waals surface area contributed by atoms with Crippen molar-refractivity contribution in [1.29, 1.82) is 0 Å². The van der Waals surface area contributed by atoms with Gasteiger partial charge in [0.2, 0.25) is 0 Å². The minimum atomic E-state index is -0.550. The van der Waals surface area contributed by atoms with Crippen molar-refractivity contribution in [2.24, 2.45) is 5.92 Å². The van der Waals surface area contributed by atoms with Gasteiger partial charge in [0.25, 0.3) is 5.69 Å². The predicted octanol–water partition coefficient (Wildman–Crippen LogP) is 1.81. The topological polar surface area (TPSA) is 102 Å². The number of aliphatic hydroxyl groups is 1. The molecule has 0 saturated carbocycles. The molecule has 0 radical (unpaired) electrons. The van der Waals surface area contributed by atoms with Crippen molar-refractivity contribution < 1.29 is 19.6 Å². The predicted molar refractivity (Wildman–Crippen MR) is 73.8 cm³/mol. The second-order valence-corrected chi connectivity index (χ2v) is 4.48. The second-order valence-electron chi connectivity index (χ2n) is 4.48. The van der Waals surface area contributed by atoms with E-state index in [1.807, 2.05) is 6.92 Å².